The Bertz CT molecular complexity index is 1350. The van der Waals surface area contributed by atoms with Crippen molar-refractivity contribution in [2.75, 3.05) is 10.2 Å². The van der Waals surface area contributed by atoms with Gasteiger partial charge in [-0.25, -0.2) is 9.40 Å². The predicted octanol–water partition coefficient (Wildman–Crippen LogP) is 5.46. The minimum atomic E-state index is -1.19. The van der Waals surface area contributed by atoms with E-state index in [9.17, 15) is 18.8 Å². The molecule has 3 amide bonds. The Hall–Kier alpha value is -3.24. The third-order valence-corrected chi connectivity index (χ3v) is 6.20. The molecule has 0 saturated carbocycles. The lowest BCUT2D eigenvalue weighted by atomic mass is 10.1. The van der Waals surface area contributed by atoms with Crippen molar-refractivity contribution in [1.82, 2.24) is 10.4 Å². The Morgan fingerprint density at radius 1 is 0.944 bits per heavy atom. The smallest absolute Gasteiger partial charge is 0.269 e. The van der Waals surface area contributed by atoms with Gasteiger partial charge in [0.15, 0.2) is 0 Å². The largest absolute Gasteiger partial charge is 0.326 e. The van der Waals surface area contributed by atoms with Gasteiger partial charge in [-0.1, -0.05) is 40.9 Å². The quantitative estimate of drug-likeness (QED) is 0.388. The van der Waals surface area contributed by atoms with Gasteiger partial charge in [0.05, 0.1) is 12.1 Å². The summed E-state index contributed by atoms with van der Waals surface area (Å²) in [5.74, 6) is -2.44. The van der Waals surface area contributed by atoms with Crippen molar-refractivity contribution >= 4 is 81.2 Å². The molecule has 0 aliphatic carbocycles. The van der Waals surface area contributed by atoms with Crippen LogP contribution in [-0.2, 0) is 9.59 Å². The van der Waals surface area contributed by atoms with Crippen molar-refractivity contribution in [3.63, 3.8) is 0 Å². The Morgan fingerprint density at radius 2 is 1.61 bits per heavy atom. The standard InChI is InChI=1S/C24H16Cl3FN4O3S/c25-14-4-6-19(7-5-14)31-23(35)20(12-21(33)29-18-10-15(26)9-16(27)11-18)32(24(31)36)30-22(34)13-2-1-3-17(28)8-13/h1-11,20H,12H2,(H,29,33)(H,30,34). The highest BCUT2D eigenvalue weighted by Gasteiger charge is 2.45. The van der Waals surface area contributed by atoms with Crippen LogP contribution in [0.15, 0.2) is 66.7 Å². The second kappa shape index (κ2) is 10.8. The van der Waals surface area contributed by atoms with Gasteiger partial charge in [0, 0.05) is 26.3 Å². The molecular formula is C24H16Cl3FN4O3S. The molecule has 3 aromatic rings. The van der Waals surface area contributed by atoms with E-state index in [0.29, 0.717) is 26.4 Å². The molecule has 2 N–H and O–H groups in total. The molecule has 184 valence electrons. The molecule has 1 heterocycles. The van der Waals surface area contributed by atoms with E-state index in [1.54, 1.807) is 24.3 Å². The third-order valence-electron chi connectivity index (χ3n) is 5.13. The molecule has 3 aromatic carbocycles. The molecule has 1 atom stereocenters. The number of halogens is 4. The highest BCUT2D eigenvalue weighted by molar-refractivity contribution is 7.80. The number of rotatable bonds is 6. The van der Waals surface area contributed by atoms with E-state index >= 15 is 0 Å². The highest BCUT2D eigenvalue weighted by atomic mass is 35.5. The van der Waals surface area contributed by atoms with Crippen molar-refractivity contribution in [2.24, 2.45) is 0 Å². The number of thiocarbonyl (C=S) groups is 1. The second-order valence-corrected chi connectivity index (χ2v) is 9.35. The Balaban J connectivity index is 1.61. The van der Waals surface area contributed by atoms with Gasteiger partial charge in [-0.15, -0.1) is 0 Å². The fourth-order valence-corrected chi connectivity index (χ4v) is 4.56. The fourth-order valence-electron chi connectivity index (χ4n) is 3.54. The normalized spacial score (nSPS) is 15.3. The first kappa shape index (κ1) is 25.8. The van der Waals surface area contributed by atoms with Crippen LogP contribution in [0.3, 0.4) is 0 Å². The van der Waals surface area contributed by atoms with Gasteiger partial charge in [0.1, 0.15) is 11.9 Å². The number of benzene rings is 3. The minimum Gasteiger partial charge on any atom is -0.326 e. The van der Waals surface area contributed by atoms with Crippen LogP contribution in [0.4, 0.5) is 15.8 Å². The number of anilines is 2. The van der Waals surface area contributed by atoms with Gasteiger partial charge < -0.3 is 5.32 Å². The molecule has 36 heavy (non-hydrogen) atoms. The van der Waals surface area contributed by atoms with E-state index in [4.69, 9.17) is 47.0 Å². The molecule has 1 aliphatic heterocycles. The number of carbonyl (C=O) groups excluding carboxylic acids is 3. The number of carbonyl (C=O) groups is 3. The second-order valence-electron chi connectivity index (χ2n) is 7.68. The zero-order valence-corrected chi connectivity index (χ0v) is 21.3. The summed E-state index contributed by atoms with van der Waals surface area (Å²) >= 11 is 23.4. The average molecular weight is 566 g/mol. The first-order valence-electron chi connectivity index (χ1n) is 10.4. The van der Waals surface area contributed by atoms with Gasteiger partial charge in [-0.3, -0.25) is 24.7 Å². The lowest BCUT2D eigenvalue weighted by Crippen LogP contribution is -2.49. The third kappa shape index (κ3) is 5.76. The van der Waals surface area contributed by atoms with Gasteiger partial charge in [-0.05, 0) is 72.9 Å². The van der Waals surface area contributed by atoms with Crippen molar-refractivity contribution < 1.29 is 18.8 Å². The SMILES string of the molecule is O=C(CC1C(=O)N(c2ccc(Cl)cc2)C(=S)N1NC(=O)c1cccc(F)c1)Nc1cc(Cl)cc(Cl)c1. The van der Waals surface area contributed by atoms with E-state index in [-0.39, 0.29) is 17.1 Å². The van der Waals surface area contributed by atoms with Gasteiger partial charge >= 0.3 is 0 Å². The number of hydrazine groups is 1. The monoisotopic (exact) mass is 564 g/mol. The van der Waals surface area contributed by atoms with Crippen molar-refractivity contribution in [3.05, 3.63) is 93.2 Å². The number of nitrogens with one attached hydrogen (secondary N) is 2. The van der Waals surface area contributed by atoms with Crippen LogP contribution >= 0.6 is 47.0 Å². The zero-order chi connectivity index (χ0) is 26.0. The maximum absolute atomic E-state index is 13.6. The molecule has 1 unspecified atom stereocenters. The maximum atomic E-state index is 13.6. The molecule has 0 bridgehead atoms. The molecule has 7 nitrogen and oxygen atoms in total. The Morgan fingerprint density at radius 3 is 2.25 bits per heavy atom. The molecular weight excluding hydrogens is 550 g/mol. The Kier molecular flexibility index (Phi) is 7.75. The lowest BCUT2D eigenvalue weighted by molar-refractivity contribution is -0.124. The van der Waals surface area contributed by atoms with Crippen LogP contribution in [0.5, 0.6) is 0 Å². The first-order chi connectivity index (χ1) is 17.1. The number of nitrogens with zero attached hydrogens (tertiary/aromatic N) is 2. The van der Waals surface area contributed by atoms with Crippen molar-refractivity contribution in [2.45, 2.75) is 12.5 Å². The summed E-state index contributed by atoms with van der Waals surface area (Å²) in [6.07, 6.45) is -0.378. The molecule has 1 fully saturated rings. The van der Waals surface area contributed by atoms with E-state index in [1.807, 2.05) is 0 Å². The van der Waals surface area contributed by atoms with Crippen LogP contribution in [0.2, 0.25) is 15.1 Å². The molecule has 0 radical (unpaired) electrons. The van der Waals surface area contributed by atoms with E-state index in [0.717, 1.165) is 11.1 Å². The van der Waals surface area contributed by atoms with Crippen LogP contribution in [0.1, 0.15) is 16.8 Å². The first-order valence-corrected chi connectivity index (χ1v) is 11.9. The number of hydrogen-bond acceptors (Lipinski definition) is 4. The summed E-state index contributed by atoms with van der Waals surface area (Å²) in [5, 5.41) is 4.75. The topological polar surface area (TPSA) is 81.8 Å². The van der Waals surface area contributed by atoms with Crippen LogP contribution in [0, 0.1) is 5.82 Å². The summed E-state index contributed by atoms with van der Waals surface area (Å²) in [6.45, 7) is 0. The predicted molar refractivity (Wildman–Crippen MR) is 141 cm³/mol. The highest BCUT2D eigenvalue weighted by Crippen LogP contribution is 2.28. The Labute approximate surface area is 225 Å². The zero-order valence-electron chi connectivity index (χ0n) is 18.2. The van der Waals surface area contributed by atoms with E-state index < -0.39 is 29.6 Å². The minimum absolute atomic E-state index is 0.00645. The summed E-state index contributed by atoms with van der Waals surface area (Å²) in [6, 6.07) is 14.6. The van der Waals surface area contributed by atoms with Gasteiger partial charge in [-0.2, -0.15) is 0 Å². The molecule has 0 spiro atoms. The lowest BCUT2D eigenvalue weighted by Gasteiger charge is -2.24. The number of amides is 3. The molecule has 1 saturated heterocycles. The molecule has 12 heteroatoms. The van der Waals surface area contributed by atoms with Crippen LogP contribution in [-0.4, -0.2) is 33.9 Å². The van der Waals surface area contributed by atoms with Crippen molar-refractivity contribution in [1.29, 1.82) is 0 Å². The molecule has 4 rings (SSSR count). The summed E-state index contributed by atoms with van der Waals surface area (Å²) in [5.41, 5.74) is 3.26. The summed E-state index contributed by atoms with van der Waals surface area (Å²) in [4.78, 5) is 40.3. The van der Waals surface area contributed by atoms with Crippen LogP contribution in [0.25, 0.3) is 0 Å². The summed E-state index contributed by atoms with van der Waals surface area (Å²) < 4.78 is 13.6. The van der Waals surface area contributed by atoms with Gasteiger partial charge in [0.25, 0.3) is 11.8 Å². The van der Waals surface area contributed by atoms with E-state index in [1.165, 1.54) is 41.3 Å². The van der Waals surface area contributed by atoms with Crippen LogP contribution < -0.4 is 15.6 Å². The average Bonchev–Trinajstić information content (AvgIpc) is 3.03. The molecule has 1 aliphatic rings. The van der Waals surface area contributed by atoms with E-state index in [2.05, 4.69) is 10.7 Å². The summed E-state index contributed by atoms with van der Waals surface area (Å²) in [7, 11) is 0. The maximum Gasteiger partial charge on any atom is 0.269 e. The number of hydrogen-bond donors (Lipinski definition) is 2. The fraction of sp³-hybridized carbons (Fsp3) is 0.0833. The van der Waals surface area contributed by atoms with Gasteiger partial charge in [0.2, 0.25) is 11.0 Å². The van der Waals surface area contributed by atoms with Crippen molar-refractivity contribution in [3.8, 4) is 0 Å². The molecule has 0 aromatic heterocycles.